The summed E-state index contributed by atoms with van der Waals surface area (Å²) < 4.78 is 38.6. The van der Waals surface area contributed by atoms with Crippen LogP contribution < -0.4 is 9.47 Å². The first kappa shape index (κ1) is 21.1. The van der Waals surface area contributed by atoms with E-state index in [9.17, 15) is 18.5 Å². The normalized spacial score (nSPS) is 18.1. The van der Waals surface area contributed by atoms with E-state index in [-0.39, 0.29) is 22.4 Å². The molecule has 0 radical (unpaired) electrons. The molecule has 1 aliphatic heterocycles. The molecular formula is C20H24N2O6S. The highest BCUT2D eigenvalue weighted by molar-refractivity contribution is 7.89. The molecule has 0 N–H and O–H groups in total. The molecule has 0 aliphatic carbocycles. The van der Waals surface area contributed by atoms with Gasteiger partial charge in [-0.1, -0.05) is 25.0 Å². The van der Waals surface area contributed by atoms with Gasteiger partial charge >= 0.3 is 5.69 Å². The summed E-state index contributed by atoms with van der Waals surface area (Å²) in [6.45, 7) is 0.360. The number of nitro benzene ring substituents is 1. The van der Waals surface area contributed by atoms with E-state index in [2.05, 4.69) is 0 Å². The van der Waals surface area contributed by atoms with Crippen LogP contribution in [0.2, 0.25) is 0 Å². The Morgan fingerprint density at radius 1 is 1.03 bits per heavy atom. The van der Waals surface area contributed by atoms with E-state index < -0.39 is 14.9 Å². The van der Waals surface area contributed by atoms with Crippen molar-refractivity contribution in [2.45, 2.75) is 36.6 Å². The van der Waals surface area contributed by atoms with Gasteiger partial charge in [0.05, 0.1) is 30.1 Å². The Labute approximate surface area is 170 Å². The molecule has 8 nitrogen and oxygen atoms in total. The second kappa shape index (κ2) is 8.79. The average molecular weight is 420 g/mol. The lowest BCUT2D eigenvalue weighted by atomic mass is 10.0. The fraction of sp³-hybridized carbons (Fsp3) is 0.400. The Hall–Kier alpha value is -2.65. The number of rotatable bonds is 6. The van der Waals surface area contributed by atoms with Gasteiger partial charge in [-0.3, -0.25) is 10.1 Å². The van der Waals surface area contributed by atoms with Crippen LogP contribution in [0.4, 0.5) is 5.69 Å². The smallest absolute Gasteiger partial charge is 0.312 e. The number of nitro groups is 1. The molecule has 1 saturated heterocycles. The van der Waals surface area contributed by atoms with Crippen LogP contribution in [0.25, 0.3) is 0 Å². The van der Waals surface area contributed by atoms with Crippen LogP contribution in [-0.4, -0.2) is 38.4 Å². The Balaban J connectivity index is 2.03. The summed E-state index contributed by atoms with van der Waals surface area (Å²) in [5, 5.41) is 11.3. The van der Waals surface area contributed by atoms with Crippen molar-refractivity contribution in [3.63, 3.8) is 0 Å². The summed E-state index contributed by atoms with van der Waals surface area (Å²) in [4.78, 5) is 10.6. The Morgan fingerprint density at radius 2 is 1.76 bits per heavy atom. The van der Waals surface area contributed by atoms with E-state index in [1.807, 2.05) is 24.3 Å². The molecule has 1 unspecified atom stereocenters. The van der Waals surface area contributed by atoms with Gasteiger partial charge in [-0.25, -0.2) is 8.42 Å². The molecule has 2 aromatic carbocycles. The molecule has 0 saturated carbocycles. The van der Waals surface area contributed by atoms with Crippen LogP contribution >= 0.6 is 0 Å². The van der Waals surface area contributed by atoms with Gasteiger partial charge in [0.25, 0.3) is 0 Å². The highest BCUT2D eigenvalue weighted by Crippen LogP contribution is 2.37. The topological polar surface area (TPSA) is 99.0 Å². The summed E-state index contributed by atoms with van der Waals surface area (Å²) in [6.07, 6.45) is 3.26. The molecule has 1 atom stereocenters. The molecule has 156 valence electrons. The van der Waals surface area contributed by atoms with Crippen molar-refractivity contribution in [1.82, 2.24) is 4.31 Å². The van der Waals surface area contributed by atoms with Crippen molar-refractivity contribution in [3.05, 3.63) is 58.1 Å². The van der Waals surface area contributed by atoms with Crippen molar-refractivity contribution in [2.75, 3.05) is 20.8 Å². The maximum atomic E-state index is 13.5. The number of hydrogen-bond acceptors (Lipinski definition) is 6. The van der Waals surface area contributed by atoms with Gasteiger partial charge in [0.2, 0.25) is 10.0 Å². The van der Waals surface area contributed by atoms with Gasteiger partial charge in [0, 0.05) is 12.6 Å². The molecule has 0 aromatic heterocycles. The number of hydrogen-bond donors (Lipinski definition) is 0. The standard InChI is InChI=1S/C20H24N2O6S/c1-27-16-9-7-15(8-10-16)18-6-4-3-5-13-21(18)29(25,26)17-11-12-20(28-2)19(14-17)22(23)24/h7-12,14,18H,3-6,13H2,1-2H3. The molecule has 0 bridgehead atoms. The van der Waals surface area contributed by atoms with Crippen LogP contribution in [0.5, 0.6) is 11.5 Å². The van der Waals surface area contributed by atoms with Crippen LogP contribution in [0.15, 0.2) is 47.4 Å². The zero-order valence-electron chi connectivity index (χ0n) is 16.4. The Bertz CT molecular complexity index is 975. The van der Waals surface area contributed by atoms with Crippen LogP contribution in [0.3, 0.4) is 0 Å². The van der Waals surface area contributed by atoms with Crippen LogP contribution in [0.1, 0.15) is 37.3 Å². The maximum absolute atomic E-state index is 13.5. The van der Waals surface area contributed by atoms with Gasteiger partial charge in [0.1, 0.15) is 5.75 Å². The minimum atomic E-state index is -3.94. The van der Waals surface area contributed by atoms with Crippen molar-refractivity contribution < 1.29 is 22.8 Å². The lowest BCUT2D eigenvalue weighted by molar-refractivity contribution is -0.386. The van der Waals surface area contributed by atoms with Gasteiger partial charge in [-0.15, -0.1) is 0 Å². The predicted octanol–water partition coefficient (Wildman–Crippen LogP) is 3.92. The van der Waals surface area contributed by atoms with Crippen molar-refractivity contribution in [2.24, 2.45) is 0 Å². The minimum absolute atomic E-state index is 0.0246. The maximum Gasteiger partial charge on any atom is 0.312 e. The van der Waals surface area contributed by atoms with E-state index in [1.54, 1.807) is 7.11 Å². The Kier molecular flexibility index (Phi) is 6.39. The highest BCUT2D eigenvalue weighted by atomic mass is 32.2. The fourth-order valence-corrected chi connectivity index (χ4v) is 5.34. The zero-order chi connectivity index (χ0) is 21.0. The van der Waals surface area contributed by atoms with Gasteiger partial charge in [-0.05, 0) is 42.7 Å². The molecular weight excluding hydrogens is 396 g/mol. The molecule has 1 aliphatic rings. The molecule has 1 heterocycles. The minimum Gasteiger partial charge on any atom is -0.497 e. The van der Waals surface area contributed by atoms with Crippen LogP contribution in [0, 0.1) is 10.1 Å². The first-order chi connectivity index (χ1) is 13.9. The average Bonchev–Trinajstić information content (AvgIpc) is 3.00. The predicted molar refractivity (Wildman–Crippen MR) is 108 cm³/mol. The molecule has 1 fully saturated rings. The number of ether oxygens (including phenoxy) is 2. The van der Waals surface area contributed by atoms with Crippen molar-refractivity contribution in [1.29, 1.82) is 0 Å². The number of sulfonamides is 1. The van der Waals surface area contributed by atoms with Crippen LogP contribution in [-0.2, 0) is 10.0 Å². The lowest BCUT2D eigenvalue weighted by Gasteiger charge is -2.29. The molecule has 0 amide bonds. The quantitative estimate of drug-likeness (QED) is 0.519. The van der Waals surface area contributed by atoms with E-state index in [0.717, 1.165) is 30.9 Å². The third-order valence-corrected chi connectivity index (χ3v) is 7.06. The summed E-state index contributed by atoms with van der Waals surface area (Å²) in [5.41, 5.74) is 0.503. The highest BCUT2D eigenvalue weighted by Gasteiger charge is 2.34. The summed E-state index contributed by atoms with van der Waals surface area (Å²) >= 11 is 0. The molecule has 29 heavy (non-hydrogen) atoms. The molecule has 2 aromatic rings. The van der Waals surface area contributed by atoms with E-state index in [0.29, 0.717) is 18.7 Å². The van der Waals surface area contributed by atoms with E-state index >= 15 is 0 Å². The lowest BCUT2D eigenvalue weighted by Crippen LogP contribution is -2.34. The number of benzene rings is 2. The molecule has 0 spiro atoms. The van der Waals surface area contributed by atoms with Gasteiger partial charge in [-0.2, -0.15) is 4.31 Å². The first-order valence-electron chi connectivity index (χ1n) is 9.36. The largest absolute Gasteiger partial charge is 0.497 e. The van der Waals surface area contributed by atoms with Crippen molar-refractivity contribution >= 4 is 15.7 Å². The third kappa shape index (κ3) is 4.35. The Morgan fingerprint density at radius 3 is 2.38 bits per heavy atom. The zero-order valence-corrected chi connectivity index (χ0v) is 17.2. The fourth-order valence-electron chi connectivity index (χ4n) is 3.64. The number of nitrogens with zero attached hydrogens (tertiary/aromatic N) is 2. The number of methoxy groups -OCH3 is 2. The third-order valence-electron chi connectivity index (χ3n) is 5.16. The second-order valence-corrected chi connectivity index (χ2v) is 8.74. The second-order valence-electron chi connectivity index (χ2n) is 6.84. The monoisotopic (exact) mass is 420 g/mol. The van der Waals surface area contributed by atoms with Crippen molar-refractivity contribution in [3.8, 4) is 11.5 Å². The SMILES string of the molecule is COc1ccc(C2CCCCCN2S(=O)(=O)c2ccc(OC)c([N+](=O)[O-])c2)cc1. The van der Waals surface area contributed by atoms with Gasteiger partial charge < -0.3 is 9.47 Å². The molecule has 9 heteroatoms. The van der Waals surface area contributed by atoms with E-state index in [4.69, 9.17) is 9.47 Å². The summed E-state index contributed by atoms with van der Waals surface area (Å²) in [6, 6.07) is 10.8. The van der Waals surface area contributed by atoms with Gasteiger partial charge in [0.15, 0.2) is 5.75 Å². The van der Waals surface area contributed by atoms with E-state index in [1.165, 1.54) is 23.5 Å². The summed E-state index contributed by atoms with van der Waals surface area (Å²) in [5.74, 6) is 0.721. The first-order valence-corrected chi connectivity index (χ1v) is 10.8. The molecule has 3 rings (SSSR count). The summed E-state index contributed by atoms with van der Waals surface area (Å²) in [7, 11) is -1.05.